The molecule has 0 aliphatic heterocycles. The van der Waals surface area contributed by atoms with Crippen LogP contribution in [0.25, 0.3) is 0 Å². The summed E-state index contributed by atoms with van der Waals surface area (Å²) in [7, 11) is 1.33. The van der Waals surface area contributed by atoms with Crippen LogP contribution in [0.3, 0.4) is 0 Å². The Hall–Kier alpha value is -3.12. The molecule has 7 heteroatoms. The lowest BCUT2D eigenvalue weighted by molar-refractivity contribution is 0.0601. The topological polar surface area (TPSA) is 76.1 Å². The van der Waals surface area contributed by atoms with E-state index in [0.717, 1.165) is 12.1 Å². The molecule has 0 spiro atoms. The Morgan fingerprint density at radius 1 is 1.11 bits per heavy atom. The number of halogens is 1. The van der Waals surface area contributed by atoms with E-state index in [1.807, 2.05) is 12.1 Å². The van der Waals surface area contributed by atoms with Crippen LogP contribution < -0.4 is 10.6 Å². The number of ether oxygens (including phenoxy) is 1. The summed E-state index contributed by atoms with van der Waals surface area (Å²) in [5.74, 6) is 0.549. The van der Waals surface area contributed by atoms with Gasteiger partial charge in [-0.25, -0.2) is 9.78 Å². The average molecular weight is 383 g/mol. The van der Waals surface area contributed by atoms with Gasteiger partial charge in [-0.05, 0) is 48.4 Å². The Labute approximate surface area is 162 Å². The van der Waals surface area contributed by atoms with E-state index in [1.165, 1.54) is 12.7 Å². The molecule has 138 valence electrons. The van der Waals surface area contributed by atoms with Gasteiger partial charge >= 0.3 is 5.97 Å². The Balaban J connectivity index is 1.78. The molecule has 0 fully saturated rings. The summed E-state index contributed by atoms with van der Waals surface area (Å²) in [6.07, 6.45) is 2.63. The third-order valence-electron chi connectivity index (χ3n) is 3.92. The first-order chi connectivity index (χ1) is 13.1. The van der Waals surface area contributed by atoms with Gasteiger partial charge in [0, 0.05) is 11.9 Å². The van der Waals surface area contributed by atoms with Crippen molar-refractivity contribution in [1.82, 2.24) is 9.97 Å². The van der Waals surface area contributed by atoms with E-state index in [9.17, 15) is 4.79 Å². The van der Waals surface area contributed by atoms with Crippen LogP contribution in [0, 0.1) is 0 Å². The van der Waals surface area contributed by atoms with Crippen LogP contribution in [0.1, 0.15) is 22.8 Å². The maximum atomic E-state index is 11.7. The lowest BCUT2D eigenvalue weighted by Crippen LogP contribution is -2.04. The van der Waals surface area contributed by atoms with Gasteiger partial charge in [0.05, 0.1) is 23.4 Å². The van der Waals surface area contributed by atoms with Gasteiger partial charge < -0.3 is 15.4 Å². The van der Waals surface area contributed by atoms with Crippen molar-refractivity contribution >= 4 is 40.7 Å². The van der Waals surface area contributed by atoms with Gasteiger partial charge in [-0.1, -0.05) is 30.7 Å². The van der Waals surface area contributed by atoms with E-state index in [0.29, 0.717) is 28.0 Å². The zero-order chi connectivity index (χ0) is 19.2. The number of hydrogen-bond acceptors (Lipinski definition) is 6. The Morgan fingerprint density at radius 2 is 1.89 bits per heavy atom. The number of rotatable bonds is 6. The summed E-state index contributed by atoms with van der Waals surface area (Å²) < 4.78 is 4.73. The smallest absolute Gasteiger partial charge is 0.337 e. The molecular weight excluding hydrogens is 364 g/mol. The molecule has 0 atom stereocenters. The molecule has 0 amide bonds. The zero-order valence-corrected chi connectivity index (χ0v) is 15.7. The van der Waals surface area contributed by atoms with Gasteiger partial charge in [-0.3, -0.25) is 0 Å². The summed E-state index contributed by atoms with van der Waals surface area (Å²) in [4.78, 5) is 20.3. The zero-order valence-electron chi connectivity index (χ0n) is 15.0. The van der Waals surface area contributed by atoms with Crippen molar-refractivity contribution in [2.45, 2.75) is 13.3 Å². The van der Waals surface area contributed by atoms with Crippen LogP contribution in [0.2, 0.25) is 5.02 Å². The molecule has 0 aliphatic carbocycles. The fourth-order valence-corrected chi connectivity index (χ4v) is 2.61. The first kappa shape index (κ1) is 18.7. The lowest BCUT2D eigenvalue weighted by Gasteiger charge is -2.11. The highest BCUT2D eigenvalue weighted by atomic mass is 35.5. The number of hydrogen-bond donors (Lipinski definition) is 2. The van der Waals surface area contributed by atoms with E-state index in [2.05, 4.69) is 39.7 Å². The highest BCUT2D eigenvalue weighted by molar-refractivity contribution is 6.33. The average Bonchev–Trinajstić information content (AvgIpc) is 2.70. The number of carbonyl (C=O) groups excluding carboxylic acids is 1. The highest BCUT2D eigenvalue weighted by Gasteiger charge is 2.10. The maximum Gasteiger partial charge on any atom is 0.337 e. The third kappa shape index (κ3) is 4.74. The van der Waals surface area contributed by atoms with Crippen molar-refractivity contribution in [3.8, 4) is 0 Å². The first-order valence-electron chi connectivity index (χ1n) is 8.43. The normalized spacial score (nSPS) is 10.3. The molecule has 0 bridgehead atoms. The second kappa shape index (κ2) is 8.51. The van der Waals surface area contributed by atoms with Crippen LogP contribution >= 0.6 is 11.6 Å². The van der Waals surface area contributed by atoms with Gasteiger partial charge in [0.1, 0.15) is 5.82 Å². The SMILES string of the molecule is CCc1ccc(Nc2ccnc(Nc3cc(C(=O)OC)ccc3Cl)n2)cc1. The third-order valence-corrected chi connectivity index (χ3v) is 4.25. The first-order valence-corrected chi connectivity index (χ1v) is 8.80. The molecule has 0 radical (unpaired) electrons. The molecule has 2 aromatic carbocycles. The summed E-state index contributed by atoms with van der Waals surface area (Å²) in [6.45, 7) is 2.12. The number of carbonyl (C=O) groups is 1. The Morgan fingerprint density at radius 3 is 2.59 bits per heavy atom. The second-order valence-corrected chi connectivity index (χ2v) is 6.16. The fourth-order valence-electron chi connectivity index (χ4n) is 2.45. The fraction of sp³-hybridized carbons (Fsp3) is 0.150. The molecule has 0 aliphatic rings. The summed E-state index contributed by atoms with van der Waals surface area (Å²) in [5, 5.41) is 6.71. The monoisotopic (exact) mass is 382 g/mol. The molecule has 27 heavy (non-hydrogen) atoms. The molecule has 1 heterocycles. The van der Waals surface area contributed by atoms with Crippen molar-refractivity contribution in [2.24, 2.45) is 0 Å². The van der Waals surface area contributed by atoms with E-state index >= 15 is 0 Å². The van der Waals surface area contributed by atoms with Crippen LogP contribution in [0.5, 0.6) is 0 Å². The number of esters is 1. The number of nitrogens with zero attached hydrogens (tertiary/aromatic N) is 2. The molecular formula is C20H19ClN4O2. The van der Waals surface area contributed by atoms with Crippen molar-refractivity contribution in [3.05, 3.63) is 70.9 Å². The lowest BCUT2D eigenvalue weighted by atomic mass is 10.1. The van der Waals surface area contributed by atoms with Crippen LogP contribution in [-0.2, 0) is 11.2 Å². The van der Waals surface area contributed by atoms with Gasteiger partial charge in [0.15, 0.2) is 0 Å². The molecule has 3 aromatic rings. The quantitative estimate of drug-likeness (QED) is 0.586. The van der Waals surface area contributed by atoms with E-state index in [-0.39, 0.29) is 0 Å². The number of aromatic nitrogens is 2. The Bertz CT molecular complexity index is 945. The Kier molecular flexibility index (Phi) is 5.88. The van der Waals surface area contributed by atoms with Gasteiger partial charge in [-0.15, -0.1) is 0 Å². The largest absolute Gasteiger partial charge is 0.465 e. The summed E-state index contributed by atoms with van der Waals surface area (Å²) >= 11 is 6.21. The molecule has 1 aromatic heterocycles. The minimum absolute atomic E-state index is 0.356. The van der Waals surface area contributed by atoms with Gasteiger partial charge in [0.2, 0.25) is 5.95 Å². The molecule has 2 N–H and O–H groups in total. The number of anilines is 4. The number of benzene rings is 2. The predicted molar refractivity (Wildman–Crippen MR) is 107 cm³/mol. The van der Waals surface area contributed by atoms with E-state index in [4.69, 9.17) is 16.3 Å². The second-order valence-electron chi connectivity index (χ2n) is 5.75. The minimum Gasteiger partial charge on any atom is -0.465 e. The van der Waals surface area contributed by atoms with Crippen molar-refractivity contribution in [1.29, 1.82) is 0 Å². The van der Waals surface area contributed by atoms with Crippen LogP contribution in [-0.4, -0.2) is 23.0 Å². The molecule has 6 nitrogen and oxygen atoms in total. The summed E-state index contributed by atoms with van der Waals surface area (Å²) in [5.41, 5.74) is 3.10. The molecule has 3 rings (SSSR count). The standard InChI is InChI=1S/C20H19ClN4O2/c1-3-13-4-7-15(8-5-13)23-18-10-11-22-20(25-18)24-17-12-14(19(26)27-2)6-9-16(17)21/h4-12H,3H2,1-2H3,(H2,22,23,24,25). The van der Waals surface area contributed by atoms with Gasteiger partial charge in [-0.2, -0.15) is 4.98 Å². The van der Waals surface area contributed by atoms with Crippen LogP contribution in [0.15, 0.2) is 54.7 Å². The van der Waals surface area contributed by atoms with Crippen molar-refractivity contribution in [2.75, 3.05) is 17.7 Å². The molecule has 0 saturated heterocycles. The molecule has 0 saturated carbocycles. The van der Waals surface area contributed by atoms with E-state index in [1.54, 1.807) is 30.5 Å². The molecule has 0 unspecified atom stereocenters. The minimum atomic E-state index is -0.443. The number of methoxy groups -OCH3 is 1. The number of nitrogens with one attached hydrogen (secondary N) is 2. The summed E-state index contributed by atoms with van der Waals surface area (Å²) in [6, 6.07) is 14.7. The maximum absolute atomic E-state index is 11.7. The highest BCUT2D eigenvalue weighted by Crippen LogP contribution is 2.26. The number of aryl methyl sites for hydroxylation is 1. The van der Waals surface area contributed by atoms with Crippen LogP contribution in [0.4, 0.5) is 23.1 Å². The van der Waals surface area contributed by atoms with E-state index < -0.39 is 5.97 Å². The van der Waals surface area contributed by atoms with Crippen molar-refractivity contribution in [3.63, 3.8) is 0 Å². The predicted octanol–water partition coefficient (Wildman–Crippen LogP) is 4.97. The van der Waals surface area contributed by atoms with Gasteiger partial charge in [0.25, 0.3) is 0 Å². The van der Waals surface area contributed by atoms with Crippen molar-refractivity contribution < 1.29 is 9.53 Å².